The molecule has 0 spiro atoms. The van der Waals surface area contributed by atoms with Crippen LogP contribution in [0.3, 0.4) is 0 Å². The van der Waals surface area contributed by atoms with Crippen molar-refractivity contribution in [3.63, 3.8) is 0 Å². The summed E-state index contributed by atoms with van der Waals surface area (Å²) in [4.78, 5) is 13.3. The molecule has 2 aromatic carbocycles. The topological polar surface area (TPSA) is 66.5 Å². The first kappa shape index (κ1) is 18.8. The number of carbonyl (C=O) groups is 1. The zero-order valence-corrected chi connectivity index (χ0v) is 16.4. The maximum absolute atomic E-state index is 13.0. The van der Waals surface area contributed by atoms with E-state index < -0.39 is 10.0 Å². The number of anilines is 1. The molecule has 1 aliphatic rings. The van der Waals surface area contributed by atoms with Crippen LogP contribution in [0.15, 0.2) is 58.3 Å². The Balaban J connectivity index is 1.83. The third-order valence-corrected chi connectivity index (χ3v) is 6.93. The van der Waals surface area contributed by atoms with Crippen LogP contribution in [0.4, 0.5) is 5.69 Å². The molecule has 138 valence electrons. The highest BCUT2D eigenvalue weighted by atomic mass is 32.2. The highest BCUT2D eigenvalue weighted by Gasteiger charge is 2.25. The van der Waals surface area contributed by atoms with Crippen molar-refractivity contribution in [2.75, 3.05) is 17.1 Å². The van der Waals surface area contributed by atoms with Crippen molar-refractivity contribution in [2.24, 2.45) is 0 Å². The van der Waals surface area contributed by atoms with E-state index in [-0.39, 0.29) is 10.8 Å². The SMILES string of the molecule is CCN(c1ccc(C(=O)NC2CC2)cc1)S(=O)(=O)c1ccc(SC)cc1. The van der Waals surface area contributed by atoms with E-state index in [9.17, 15) is 13.2 Å². The molecule has 0 unspecified atom stereocenters. The van der Waals surface area contributed by atoms with Crippen LogP contribution >= 0.6 is 11.8 Å². The monoisotopic (exact) mass is 390 g/mol. The quantitative estimate of drug-likeness (QED) is 0.735. The molecule has 0 heterocycles. The summed E-state index contributed by atoms with van der Waals surface area (Å²) < 4.78 is 27.3. The molecule has 1 N–H and O–H groups in total. The zero-order valence-electron chi connectivity index (χ0n) is 14.8. The Labute approximate surface area is 158 Å². The fourth-order valence-corrected chi connectivity index (χ4v) is 4.52. The van der Waals surface area contributed by atoms with Gasteiger partial charge < -0.3 is 5.32 Å². The molecule has 7 heteroatoms. The smallest absolute Gasteiger partial charge is 0.264 e. The maximum atomic E-state index is 13.0. The summed E-state index contributed by atoms with van der Waals surface area (Å²) in [5, 5.41) is 2.93. The third kappa shape index (κ3) is 4.04. The molecule has 1 fully saturated rings. The number of nitrogens with zero attached hydrogens (tertiary/aromatic N) is 1. The van der Waals surface area contributed by atoms with Gasteiger partial charge in [0.15, 0.2) is 0 Å². The molecule has 0 atom stereocenters. The van der Waals surface area contributed by atoms with E-state index in [2.05, 4.69) is 5.32 Å². The number of sulfonamides is 1. The first-order valence-corrected chi connectivity index (χ1v) is 11.2. The van der Waals surface area contributed by atoms with Gasteiger partial charge in [-0.1, -0.05) is 0 Å². The second-order valence-electron chi connectivity index (χ2n) is 6.14. The summed E-state index contributed by atoms with van der Waals surface area (Å²) in [7, 11) is -3.65. The molecule has 0 saturated heterocycles. The minimum Gasteiger partial charge on any atom is -0.349 e. The second-order valence-corrected chi connectivity index (χ2v) is 8.88. The van der Waals surface area contributed by atoms with Crippen LogP contribution in [0.25, 0.3) is 0 Å². The fraction of sp³-hybridized carbons (Fsp3) is 0.316. The normalized spacial score (nSPS) is 14.1. The molecule has 1 saturated carbocycles. The number of rotatable bonds is 7. The van der Waals surface area contributed by atoms with E-state index in [0.29, 0.717) is 23.8 Å². The first-order chi connectivity index (χ1) is 12.5. The number of amides is 1. The van der Waals surface area contributed by atoms with Crippen molar-refractivity contribution in [2.45, 2.75) is 35.6 Å². The summed E-state index contributed by atoms with van der Waals surface area (Å²) in [5.41, 5.74) is 1.09. The van der Waals surface area contributed by atoms with Crippen molar-refractivity contribution in [3.8, 4) is 0 Å². The lowest BCUT2D eigenvalue weighted by Crippen LogP contribution is -2.31. The van der Waals surface area contributed by atoms with Crippen molar-refractivity contribution >= 4 is 33.4 Å². The molecule has 0 radical (unpaired) electrons. The van der Waals surface area contributed by atoms with Gasteiger partial charge in [-0.15, -0.1) is 11.8 Å². The van der Waals surface area contributed by atoms with Gasteiger partial charge in [0.1, 0.15) is 0 Å². The van der Waals surface area contributed by atoms with Crippen LogP contribution in [-0.2, 0) is 10.0 Å². The lowest BCUT2D eigenvalue weighted by molar-refractivity contribution is 0.0951. The number of thioether (sulfide) groups is 1. The molecule has 5 nitrogen and oxygen atoms in total. The molecule has 0 bridgehead atoms. The Kier molecular flexibility index (Phi) is 5.58. The number of hydrogen-bond donors (Lipinski definition) is 1. The molecular weight excluding hydrogens is 368 g/mol. The van der Waals surface area contributed by atoms with Gasteiger partial charge in [0.05, 0.1) is 10.6 Å². The average Bonchev–Trinajstić information content (AvgIpc) is 3.46. The van der Waals surface area contributed by atoms with Crippen LogP contribution in [0.5, 0.6) is 0 Å². The minimum atomic E-state index is -3.65. The third-order valence-electron chi connectivity index (χ3n) is 4.26. The fourth-order valence-electron chi connectivity index (χ4n) is 2.64. The van der Waals surface area contributed by atoms with E-state index in [1.165, 1.54) is 4.31 Å². The molecule has 0 aliphatic heterocycles. The summed E-state index contributed by atoms with van der Waals surface area (Å²) >= 11 is 1.57. The summed E-state index contributed by atoms with van der Waals surface area (Å²) in [6.45, 7) is 2.10. The number of benzene rings is 2. The first-order valence-electron chi connectivity index (χ1n) is 8.53. The highest BCUT2D eigenvalue weighted by molar-refractivity contribution is 7.98. The predicted molar refractivity (Wildman–Crippen MR) is 105 cm³/mol. The van der Waals surface area contributed by atoms with E-state index in [1.54, 1.807) is 67.2 Å². The van der Waals surface area contributed by atoms with Crippen LogP contribution in [0, 0.1) is 0 Å². The van der Waals surface area contributed by atoms with E-state index >= 15 is 0 Å². The van der Waals surface area contributed by atoms with E-state index in [0.717, 1.165) is 17.7 Å². The Morgan fingerprint density at radius 3 is 2.23 bits per heavy atom. The lowest BCUT2D eigenvalue weighted by atomic mass is 10.2. The number of nitrogens with one attached hydrogen (secondary N) is 1. The van der Waals surface area contributed by atoms with Gasteiger partial charge in [-0.05, 0) is 74.6 Å². The maximum Gasteiger partial charge on any atom is 0.264 e. The summed E-state index contributed by atoms with van der Waals surface area (Å²) in [6.07, 6.45) is 4.00. The van der Waals surface area contributed by atoms with Gasteiger partial charge >= 0.3 is 0 Å². The van der Waals surface area contributed by atoms with Gasteiger partial charge in [-0.2, -0.15) is 0 Å². The lowest BCUT2D eigenvalue weighted by Gasteiger charge is -2.23. The largest absolute Gasteiger partial charge is 0.349 e. The van der Waals surface area contributed by atoms with Crippen LogP contribution in [0.1, 0.15) is 30.1 Å². The second kappa shape index (κ2) is 7.72. The molecular formula is C19H22N2O3S2. The van der Waals surface area contributed by atoms with Gasteiger partial charge in [0, 0.05) is 23.0 Å². The highest BCUT2D eigenvalue weighted by Crippen LogP contribution is 2.26. The molecule has 0 aromatic heterocycles. The van der Waals surface area contributed by atoms with E-state index in [4.69, 9.17) is 0 Å². The molecule has 2 aromatic rings. The van der Waals surface area contributed by atoms with Crippen LogP contribution in [-0.4, -0.2) is 33.2 Å². The van der Waals surface area contributed by atoms with Gasteiger partial charge in [0.2, 0.25) is 0 Å². The standard InChI is InChI=1S/C19H22N2O3S2/c1-3-21(26(23,24)18-12-10-17(25-2)11-13-18)16-8-4-14(5-9-16)19(22)20-15-6-7-15/h4-5,8-13,15H,3,6-7H2,1-2H3,(H,20,22). The summed E-state index contributed by atoms with van der Waals surface area (Å²) in [6, 6.07) is 13.8. The van der Waals surface area contributed by atoms with Crippen molar-refractivity contribution < 1.29 is 13.2 Å². The Hall–Kier alpha value is -1.99. The zero-order chi connectivity index (χ0) is 18.7. The van der Waals surface area contributed by atoms with Crippen LogP contribution in [0.2, 0.25) is 0 Å². The summed E-state index contributed by atoms with van der Waals surface area (Å²) in [5.74, 6) is -0.113. The van der Waals surface area contributed by atoms with Crippen LogP contribution < -0.4 is 9.62 Å². The van der Waals surface area contributed by atoms with Gasteiger partial charge in [-0.3, -0.25) is 9.10 Å². The average molecular weight is 391 g/mol. The number of carbonyl (C=O) groups excluding carboxylic acids is 1. The number of hydrogen-bond acceptors (Lipinski definition) is 4. The van der Waals surface area contributed by atoms with Gasteiger partial charge in [-0.25, -0.2) is 8.42 Å². The Morgan fingerprint density at radius 2 is 1.73 bits per heavy atom. The Morgan fingerprint density at radius 1 is 1.12 bits per heavy atom. The van der Waals surface area contributed by atoms with Crippen molar-refractivity contribution in [1.29, 1.82) is 0 Å². The Bertz CT molecular complexity index is 874. The molecule has 3 rings (SSSR count). The minimum absolute atomic E-state index is 0.113. The molecule has 26 heavy (non-hydrogen) atoms. The predicted octanol–water partition coefficient (Wildman–Crippen LogP) is 3.52. The molecule has 1 amide bonds. The van der Waals surface area contributed by atoms with Crippen molar-refractivity contribution in [1.82, 2.24) is 5.32 Å². The van der Waals surface area contributed by atoms with E-state index in [1.807, 2.05) is 6.26 Å². The van der Waals surface area contributed by atoms with Gasteiger partial charge in [0.25, 0.3) is 15.9 Å². The molecule has 1 aliphatic carbocycles. The van der Waals surface area contributed by atoms with Crippen molar-refractivity contribution in [3.05, 3.63) is 54.1 Å².